The second-order valence-corrected chi connectivity index (χ2v) is 5.62. The van der Waals surface area contributed by atoms with Crippen LogP contribution in [-0.4, -0.2) is 51.3 Å². The summed E-state index contributed by atoms with van der Waals surface area (Å²) in [5, 5.41) is 3.50. The van der Waals surface area contributed by atoms with E-state index in [1.807, 2.05) is 7.11 Å². The van der Waals surface area contributed by atoms with E-state index in [0.29, 0.717) is 0 Å². The number of hydrogen-bond donors (Lipinski definition) is 1. The molecule has 0 saturated carbocycles. The lowest BCUT2D eigenvalue weighted by atomic mass is 9.94. The van der Waals surface area contributed by atoms with Gasteiger partial charge in [0.25, 0.3) is 0 Å². The highest BCUT2D eigenvalue weighted by atomic mass is 16.5. The number of nitrogens with zero attached hydrogens (tertiary/aromatic N) is 1. The quantitative estimate of drug-likeness (QED) is 0.779. The molecule has 0 spiro atoms. The molecule has 2 fully saturated rings. The van der Waals surface area contributed by atoms with Gasteiger partial charge in [0.05, 0.1) is 6.61 Å². The Morgan fingerprint density at radius 3 is 2.94 bits per heavy atom. The van der Waals surface area contributed by atoms with E-state index in [-0.39, 0.29) is 0 Å². The molecule has 3 heteroatoms. The Hall–Kier alpha value is -0.120. The summed E-state index contributed by atoms with van der Waals surface area (Å²) in [5.74, 6) is 2.48. The van der Waals surface area contributed by atoms with E-state index in [1.54, 1.807) is 0 Å². The van der Waals surface area contributed by atoms with Crippen molar-refractivity contribution >= 4 is 0 Å². The van der Waals surface area contributed by atoms with Crippen molar-refractivity contribution in [1.82, 2.24) is 10.2 Å². The second-order valence-electron chi connectivity index (χ2n) is 5.62. The number of hydrogen-bond acceptors (Lipinski definition) is 3. The predicted molar refractivity (Wildman–Crippen MR) is 66.6 cm³/mol. The average molecular weight is 226 g/mol. The zero-order chi connectivity index (χ0) is 11.4. The van der Waals surface area contributed by atoms with E-state index in [2.05, 4.69) is 17.1 Å². The maximum atomic E-state index is 5.28. The largest absolute Gasteiger partial charge is 0.384 e. The molecule has 0 aliphatic carbocycles. The van der Waals surface area contributed by atoms with Crippen molar-refractivity contribution in [2.45, 2.75) is 19.8 Å². The van der Waals surface area contributed by atoms with Crippen LogP contribution in [-0.2, 0) is 4.74 Å². The van der Waals surface area contributed by atoms with Crippen LogP contribution >= 0.6 is 0 Å². The first-order valence-corrected chi connectivity index (χ1v) is 6.71. The molecule has 3 atom stereocenters. The molecule has 0 radical (unpaired) electrons. The van der Waals surface area contributed by atoms with Crippen LogP contribution in [0.15, 0.2) is 0 Å². The Morgan fingerprint density at radius 1 is 1.38 bits per heavy atom. The standard InChI is InChI=1S/C13H26N2O/c1-11-6-14-7-13(11)9-15-5-3-4-12(8-15)10-16-2/h11-14H,3-10H2,1-2H3. The molecule has 0 aromatic carbocycles. The first kappa shape index (κ1) is 12.3. The number of nitrogens with one attached hydrogen (secondary N) is 1. The summed E-state index contributed by atoms with van der Waals surface area (Å²) in [7, 11) is 1.82. The maximum absolute atomic E-state index is 5.28. The lowest BCUT2D eigenvalue weighted by Crippen LogP contribution is -2.41. The smallest absolute Gasteiger partial charge is 0.0502 e. The summed E-state index contributed by atoms with van der Waals surface area (Å²) in [6.07, 6.45) is 2.70. The number of piperidine rings is 1. The highest BCUT2D eigenvalue weighted by molar-refractivity contribution is 4.82. The Balaban J connectivity index is 1.76. The van der Waals surface area contributed by atoms with Crippen molar-refractivity contribution in [2.75, 3.05) is 46.4 Å². The number of likely N-dealkylation sites (tertiary alicyclic amines) is 1. The van der Waals surface area contributed by atoms with Gasteiger partial charge in [-0.15, -0.1) is 0 Å². The Kier molecular flexibility index (Phi) is 4.62. The summed E-state index contributed by atoms with van der Waals surface area (Å²) in [6, 6.07) is 0. The normalized spacial score (nSPS) is 36.8. The number of methoxy groups -OCH3 is 1. The van der Waals surface area contributed by atoms with Crippen molar-refractivity contribution in [3.8, 4) is 0 Å². The molecule has 2 aliphatic heterocycles. The summed E-state index contributed by atoms with van der Waals surface area (Å²) < 4.78 is 5.28. The van der Waals surface area contributed by atoms with Gasteiger partial charge in [0.15, 0.2) is 0 Å². The van der Waals surface area contributed by atoms with Crippen LogP contribution in [0.1, 0.15) is 19.8 Å². The fourth-order valence-corrected chi connectivity index (χ4v) is 3.13. The molecule has 1 N–H and O–H groups in total. The van der Waals surface area contributed by atoms with Crippen LogP contribution in [0.2, 0.25) is 0 Å². The van der Waals surface area contributed by atoms with E-state index in [1.165, 1.54) is 45.6 Å². The van der Waals surface area contributed by atoms with Crippen LogP contribution in [0.3, 0.4) is 0 Å². The molecule has 0 amide bonds. The highest BCUT2D eigenvalue weighted by Crippen LogP contribution is 2.22. The van der Waals surface area contributed by atoms with E-state index in [0.717, 1.165) is 24.4 Å². The van der Waals surface area contributed by atoms with Gasteiger partial charge in [-0.3, -0.25) is 0 Å². The topological polar surface area (TPSA) is 24.5 Å². The fourth-order valence-electron chi connectivity index (χ4n) is 3.13. The molecular weight excluding hydrogens is 200 g/mol. The molecule has 0 aromatic rings. The fraction of sp³-hybridized carbons (Fsp3) is 1.00. The van der Waals surface area contributed by atoms with E-state index in [9.17, 15) is 0 Å². The van der Waals surface area contributed by atoms with Crippen LogP contribution in [0.4, 0.5) is 0 Å². The Labute approximate surface area is 99.5 Å². The third-order valence-electron chi connectivity index (χ3n) is 4.18. The number of rotatable bonds is 4. The Morgan fingerprint density at radius 2 is 2.25 bits per heavy atom. The zero-order valence-corrected chi connectivity index (χ0v) is 10.7. The molecule has 94 valence electrons. The van der Waals surface area contributed by atoms with Gasteiger partial charge in [-0.2, -0.15) is 0 Å². The second kappa shape index (κ2) is 5.99. The Bertz CT molecular complexity index is 208. The third kappa shape index (κ3) is 3.19. The van der Waals surface area contributed by atoms with Gasteiger partial charge in [0, 0.05) is 20.2 Å². The summed E-state index contributed by atoms with van der Waals surface area (Å²) in [6.45, 7) is 9.57. The van der Waals surface area contributed by atoms with Gasteiger partial charge in [0.1, 0.15) is 0 Å². The molecule has 16 heavy (non-hydrogen) atoms. The first-order chi connectivity index (χ1) is 7.79. The van der Waals surface area contributed by atoms with Gasteiger partial charge >= 0.3 is 0 Å². The van der Waals surface area contributed by atoms with Crippen LogP contribution < -0.4 is 5.32 Å². The first-order valence-electron chi connectivity index (χ1n) is 6.71. The molecule has 2 heterocycles. The van der Waals surface area contributed by atoms with Gasteiger partial charge in [-0.05, 0) is 50.2 Å². The van der Waals surface area contributed by atoms with Crippen molar-refractivity contribution in [2.24, 2.45) is 17.8 Å². The average Bonchev–Trinajstić information content (AvgIpc) is 2.66. The number of ether oxygens (including phenoxy) is 1. The summed E-state index contributed by atoms with van der Waals surface area (Å²) in [5.41, 5.74) is 0. The van der Waals surface area contributed by atoms with Crippen LogP contribution in [0, 0.1) is 17.8 Å². The minimum absolute atomic E-state index is 0.767. The van der Waals surface area contributed by atoms with Crippen LogP contribution in [0.5, 0.6) is 0 Å². The van der Waals surface area contributed by atoms with Crippen molar-refractivity contribution in [1.29, 1.82) is 0 Å². The molecule has 2 rings (SSSR count). The molecule has 3 nitrogen and oxygen atoms in total. The summed E-state index contributed by atoms with van der Waals surface area (Å²) in [4.78, 5) is 2.65. The highest BCUT2D eigenvalue weighted by Gasteiger charge is 2.27. The zero-order valence-electron chi connectivity index (χ0n) is 10.7. The van der Waals surface area contributed by atoms with E-state index >= 15 is 0 Å². The predicted octanol–water partition coefficient (Wildman–Crippen LogP) is 1.20. The molecular formula is C13H26N2O. The van der Waals surface area contributed by atoms with Gasteiger partial charge < -0.3 is 15.0 Å². The van der Waals surface area contributed by atoms with E-state index in [4.69, 9.17) is 4.74 Å². The minimum Gasteiger partial charge on any atom is -0.384 e. The summed E-state index contributed by atoms with van der Waals surface area (Å²) >= 11 is 0. The van der Waals surface area contributed by atoms with Gasteiger partial charge in [0.2, 0.25) is 0 Å². The van der Waals surface area contributed by atoms with Crippen molar-refractivity contribution in [3.05, 3.63) is 0 Å². The minimum atomic E-state index is 0.767. The molecule has 0 aromatic heterocycles. The monoisotopic (exact) mass is 226 g/mol. The third-order valence-corrected chi connectivity index (χ3v) is 4.18. The van der Waals surface area contributed by atoms with Crippen molar-refractivity contribution < 1.29 is 4.74 Å². The van der Waals surface area contributed by atoms with E-state index < -0.39 is 0 Å². The molecule has 0 bridgehead atoms. The van der Waals surface area contributed by atoms with Gasteiger partial charge in [-0.25, -0.2) is 0 Å². The van der Waals surface area contributed by atoms with Crippen LogP contribution in [0.25, 0.3) is 0 Å². The lowest BCUT2D eigenvalue weighted by Gasteiger charge is -2.34. The molecule has 2 aliphatic rings. The van der Waals surface area contributed by atoms with Crippen molar-refractivity contribution in [3.63, 3.8) is 0 Å². The SMILES string of the molecule is COCC1CCCN(CC2CNCC2C)C1. The maximum Gasteiger partial charge on any atom is 0.0502 e. The molecule has 3 unspecified atom stereocenters. The lowest BCUT2D eigenvalue weighted by molar-refractivity contribution is 0.0810. The molecule has 2 saturated heterocycles. The van der Waals surface area contributed by atoms with Gasteiger partial charge in [-0.1, -0.05) is 6.92 Å².